The van der Waals surface area contributed by atoms with Crippen molar-refractivity contribution in [1.29, 1.82) is 0 Å². The molecule has 2 heteroatoms. The normalized spacial score (nSPS) is 23.8. The van der Waals surface area contributed by atoms with E-state index in [1.54, 1.807) is 0 Å². The summed E-state index contributed by atoms with van der Waals surface area (Å²) >= 11 is 0. The van der Waals surface area contributed by atoms with E-state index in [1.165, 1.54) is 0 Å². The van der Waals surface area contributed by atoms with Crippen LogP contribution in [-0.2, 0) is 9.53 Å². The predicted octanol–water partition coefficient (Wildman–Crippen LogP) is 0.325. The first-order valence-electron chi connectivity index (χ1n) is 2.51. The molecule has 0 aromatic heterocycles. The van der Waals surface area contributed by atoms with Gasteiger partial charge in [0.15, 0.2) is 6.10 Å². The Balaban J connectivity index is 2.29. The van der Waals surface area contributed by atoms with Crippen molar-refractivity contribution in [2.45, 2.75) is 18.9 Å². The van der Waals surface area contributed by atoms with Crippen LogP contribution in [0.4, 0.5) is 0 Å². The zero-order valence-corrected chi connectivity index (χ0v) is 4.39. The Morgan fingerprint density at radius 3 is 3.12 bits per heavy atom. The Hall–Kier alpha value is -0.970. The largest absolute Gasteiger partial charge is 0.451 e. The van der Waals surface area contributed by atoms with Crippen LogP contribution in [0.3, 0.4) is 0 Å². The van der Waals surface area contributed by atoms with E-state index >= 15 is 0 Å². The number of rotatable bonds is 2. The van der Waals surface area contributed by atoms with Gasteiger partial charge in [-0.2, -0.15) is 0 Å². The standard InChI is InChI=1S/C6H6O2/c7-5-8-6-3-1-2-4-6/h5-6H,1,3H2. The molecule has 1 aliphatic rings. The van der Waals surface area contributed by atoms with E-state index in [0.29, 0.717) is 6.47 Å². The molecule has 0 bridgehead atoms. The van der Waals surface area contributed by atoms with Crippen LogP contribution in [0.25, 0.3) is 0 Å². The SMILES string of the molecule is O=COC1C#CCC1. The lowest BCUT2D eigenvalue weighted by atomic mass is 10.3. The fraction of sp³-hybridized carbons (Fsp3) is 0.500. The van der Waals surface area contributed by atoms with E-state index < -0.39 is 0 Å². The van der Waals surface area contributed by atoms with Gasteiger partial charge in [0, 0.05) is 12.8 Å². The topological polar surface area (TPSA) is 26.3 Å². The lowest BCUT2D eigenvalue weighted by Crippen LogP contribution is -2.04. The second-order valence-corrected chi connectivity index (χ2v) is 1.58. The van der Waals surface area contributed by atoms with Gasteiger partial charge in [-0.05, 0) is 0 Å². The molecule has 0 saturated carbocycles. The van der Waals surface area contributed by atoms with E-state index in [4.69, 9.17) is 0 Å². The van der Waals surface area contributed by atoms with E-state index in [9.17, 15) is 4.79 Å². The molecule has 0 aliphatic heterocycles. The molecule has 1 atom stereocenters. The van der Waals surface area contributed by atoms with Gasteiger partial charge in [0.2, 0.25) is 0 Å². The van der Waals surface area contributed by atoms with Crippen molar-refractivity contribution < 1.29 is 9.53 Å². The van der Waals surface area contributed by atoms with Crippen molar-refractivity contribution in [2.24, 2.45) is 0 Å². The van der Waals surface area contributed by atoms with Gasteiger partial charge in [-0.25, -0.2) is 0 Å². The van der Waals surface area contributed by atoms with Crippen LogP contribution in [0.5, 0.6) is 0 Å². The van der Waals surface area contributed by atoms with Gasteiger partial charge in [-0.3, -0.25) is 4.79 Å². The zero-order valence-electron chi connectivity index (χ0n) is 4.39. The summed E-state index contributed by atoms with van der Waals surface area (Å²) in [7, 11) is 0. The maximum Gasteiger partial charge on any atom is 0.294 e. The molecule has 0 saturated heterocycles. The molecule has 0 spiro atoms. The smallest absolute Gasteiger partial charge is 0.294 e. The summed E-state index contributed by atoms with van der Waals surface area (Å²) in [5, 5.41) is 0. The molecule has 0 aromatic rings. The lowest BCUT2D eigenvalue weighted by molar-refractivity contribution is -0.131. The van der Waals surface area contributed by atoms with E-state index in [0.717, 1.165) is 12.8 Å². The molecule has 0 heterocycles. The maximum absolute atomic E-state index is 9.67. The summed E-state index contributed by atoms with van der Waals surface area (Å²) in [6.07, 6.45) is 1.59. The Morgan fingerprint density at radius 2 is 2.62 bits per heavy atom. The van der Waals surface area contributed by atoms with Gasteiger partial charge in [-0.15, -0.1) is 0 Å². The fourth-order valence-corrected chi connectivity index (χ4v) is 0.631. The molecule has 1 rings (SSSR count). The van der Waals surface area contributed by atoms with Crippen LogP contribution in [0.15, 0.2) is 0 Å². The van der Waals surface area contributed by atoms with Crippen molar-refractivity contribution in [2.75, 3.05) is 0 Å². The van der Waals surface area contributed by atoms with Gasteiger partial charge in [0.05, 0.1) is 0 Å². The number of hydrogen-bond donors (Lipinski definition) is 0. The summed E-state index contributed by atoms with van der Waals surface area (Å²) in [5.74, 6) is 5.58. The van der Waals surface area contributed by atoms with Gasteiger partial charge >= 0.3 is 0 Å². The molecule has 1 unspecified atom stereocenters. The molecule has 0 N–H and O–H groups in total. The Morgan fingerprint density at radius 1 is 1.75 bits per heavy atom. The fourth-order valence-electron chi connectivity index (χ4n) is 0.631. The van der Waals surface area contributed by atoms with Crippen molar-refractivity contribution in [3.8, 4) is 11.8 Å². The first-order valence-corrected chi connectivity index (χ1v) is 2.51. The quantitative estimate of drug-likeness (QED) is 0.378. The lowest BCUT2D eigenvalue weighted by Gasteiger charge is -1.99. The summed E-state index contributed by atoms with van der Waals surface area (Å²) in [4.78, 5) is 9.67. The molecule has 42 valence electrons. The first kappa shape index (κ1) is 5.17. The number of carbonyl (C=O) groups excluding carboxylic acids is 1. The zero-order chi connectivity index (χ0) is 5.82. The van der Waals surface area contributed by atoms with Gasteiger partial charge in [0.1, 0.15) is 0 Å². The minimum absolute atomic E-state index is 0.118. The van der Waals surface area contributed by atoms with Crippen LogP contribution >= 0.6 is 0 Å². The third kappa shape index (κ3) is 1.00. The Kier molecular flexibility index (Phi) is 1.53. The molecule has 1 aliphatic carbocycles. The van der Waals surface area contributed by atoms with Crippen molar-refractivity contribution >= 4 is 6.47 Å². The summed E-state index contributed by atoms with van der Waals surface area (Å²) < 4.78 is 4.55. The molecule has 0 fully saturated rings. The summed E-state index contributed by atoms with van der Waals surface area (Å²) in [5.41, 5.74) is 0. The van der Waals surface area contributed by atoms with E-state index in [2.05, 4.69) is 16.6 Å². The minimum Gasteiger partial charge on any atom is -0.451 e. The van der Waals surface area contributed by atoms with Crippen LogP contribution in [-0.4, -0.2) is 12.6 Å². The number of hydrogen-bond acceptors (Lipinski definition) is 2. The predicted molar refractivity (Wildman–Crippen MR) is 27.9 cm³/mol. The average molecular weight is 110 g/mol. The number of carbonyl (C=O) groups is 1. The van der Waals surface area contributed by atoms with E-state index in [1.807, 2.05) is 0 Å². The molecule has 0 radical (unpaired) electrons. The number of ether oxygens (including phenoxy) is 1. The highest BCUT2D eigenvalue weighted by Gasteiger charge is 2.06. The molecular weight excluding hydrogens is 104 g/mol. The second kappa shape index (κ2) is 2.37. The average Bonchev–Trinajstić information content (AvgIpc) is 2.19. The van der Waals surface area contributed by atoms with Crippen molar-refractivity contribution in [3.05, 3.63) is 0 Å². The highest BCUT2D eigenvalue weighted by molar-refractivity contribution is 5.39. The highest BCUT2D eigenvalue weighted by atomic mass is 16.5. The highest BCUT2D eigenvalue weighted by Crippen LogP contribution is 2.04. The molecule has 2 nitrogen and oxygen atoms in total. The van der Waals surface area contributed by atoms with Crippen LogP contribution < -0.4 is 0 Å². The molecule has 0 amide bonds. The monoisotopic (exact) mass is 110 g/mol. The Bertz CT molecular complexity index is 140. The van der Waals surface area contributed by atoms with Crippen LogP contribution in [0.2, 0.25) is 0 Å². The first-order chi connectivity index (χ1) is 3.93. The third-order valence-corrected chi connectivity index (χ3v) is 1.01. The summed E-state index contributed by atoms with van der Waals surface area (Å²) in [6.45, 7) is 0.449. The van der Waals surface area contributed by atoms with Gasteiger partial charge in [0.25, 0.3) is 6.47 Å². The van der Waals surface area contributed by atoms with Crippen LogP contribution in [0.1, 0.15) is 12.8 Å². The van der Waals surface area contributed by atoms with E-state index in [-0.39, 0.29) is 6.10 Å². The molecule has 0 aromatic carbocycles. The third-order valence-electron chi connectivity index (χ3n) is 1.01. The summed E-state index contributed by atoms with van der Waals surface area (Å²) in [6, 6.07) is 0. The minimum atomic E-state index is -0.118. The van der Waals surface area contributed by atoms with Gasteiger partial charge in [-0.1, -0.05) is 11.8 Å². The molecule has 8 heavy (non-hydrogen) atoms. The van der Waals surface area contributed by atoms with Crippen LogP contribution in [0, 0.1) is 11.8 Å². The van der Waals surface area contributed by atoms with Gasteiger partial charge < -0.3 is 4.74 Å². The van der Waals surface area contributed by atoms with Crippen molar-refractivity contribution in [3.63, 3.8) is 0 Å². The Labute approximate surface area is 47.8 Å². The van der Waals surface area contributed by atoms with Crippen molar-refractivity contribution in [1.82, 2.24) is 0 Å². The second-order valence-electron chi connectivity index (χ2n) is 1.58. The maximum atomic E-state index is 9.67. The molecular formula is C6H6O2.